The van der Waals surface area contributed by atoms with Gasteiger partial charge in [0.1, 0.15) is 5.82 Å². The van der Waals surface area contributed by atoms with Crippen molar-refractivity contribution in [3.8, 4) is 0 Å². The van der Waals surface area contributed by atoms with Gasteiger partial charge in [0.15, 0.2) is 0 Å². The minimum atomic E-state index is 0.217. The first kappa shape index (κ1) is 15.5. The normalized spacial score (nSPS) is 17.2. The zero-order chi connectivity index (χ0) is 15.9. The van der Waals surface area contributed by atoms with E-state index in [2.05, 4.69) is 65.7 Å². The SMILES string of the molecule is Cc1ccc2c(N3CCN(C(C)(C)C)CC3)nc(Cl)nc2c1. The van der Waals surface area contributed by atoms with Crippen LogP contribution >= 0.6 is 11.6 Å². The standard InChI is InChI=1S/C17H23ClN4/c1-12-5-6-13-14(11-12)19-16(18)20-15(13)21-7-9-22(10-8-21)17(2,3)4/h5-6,11H,7-10H2,1-4H3. The summed E-state index contributed by atoms with van der Waals surface area (Å²) in [4.78, 5) is 13.7. The lowest BCUT2D eigenvalue weighted by Crippen LogP contribution is -2.53. The highest BCUT2D eigenvalue weighted by molar-refractivity contribution is 6.28. The lowest BCUT2D eigenvalue weighted by Gasteiger charge is -2.42. The Bertz CT molecular complexity index is 680. The molecule has 0 bridgehead atoms. The Balaban J connectivity index is 1.91. The Morgan fingerprint density at radius 3 is 2.36 bits per heavy atom. The van der Waals surface area contributed by atoms with Gasteiger partial charge in [0.05, 0.1) is 5.52 Å². The molecule has 1 aliphatic rings. The van der Waals surface area contributed by atoms with E-state index in [9.17, 15) is 0 Å². The summed E-state index contributed by atoms with van der Waals surface area (Å²) in [6.45, 7) is 12.9. The van der Waals surface area contributed by atoms with Crippen molar-refractivity contribution in [1.82, 2.24) is 14.9 Å². The van der Waals surface area contributed by atoms with E-state index < -0.39 is 0 Å². The third-order valence-corrected chi connectivity index (χ3v) is 4.50. The number of aryl methyl sites for hydroxylation is 1. The molecule has 22 heavy (non-hydrogen) atoms. The van der Waals surface area contributed by atoms with E-state index in [0.717, 1.165) is 42.9 Å². The van der Waals surface area contributed by atoms with Crippen LogP contribution in [0.2, 0.25) is 5.28 Å². The second-order valence-corrected chi connectivity index (χ2v) is 7.32. The van der Waals surface area contributed by atoms with Crippen molar-refractivity contribution in [2.75, 3.05) is 31.1 Å². The number of hydrogen-bond donors (Lipinski definition) is 0. The number of anilines is 1. The van der Waals surface area contributed by atoms with Gasteiger partial charge in [-0.2, -0.15) is 4.98 Å². The fourth-order valence-electron chi connectivity index (χ4n) is 3.03. The molecule has 0 aliphatic carbocycles. The number of aromatic nitrogens is 2. The van der Waals surface area contributed by atoms with Crippen LogP contribution in [0, 0.1) is 6.92 Å². The highest BCUT2D eigenvalue weighted by Crippen LogP contribution is 2.28. The molecular weight excluding hydrogens is 296 g/mol. The van der Waals surface area contributed by atoms with Gasteiger partial charge in [-0.05, 0) is 57.0 Å². The summed E-state index contributed by atoms with van der Waals surface area (Å²) in [5.74, 6) is 0.962. The molecule has 118 valence electrons. The first-order valence-electron chi connectivity index (χ1n) is 7.78. The third-order valence-electron chi connectivity index (χ3n) is 4.33. The summed E-state index contributed by atoms with van der Waals surface area (Å²) in [5.41, 5.74) is 2.33. The predicted molar refractivity (Wildman–Crippen MR) is 92.8 cm³/mol. The van der Waals surface area contributed by atoms with Gasteiger partial charge in [0.25, 0.3) is 0 Å². The second-order valence-electron chi connectivity index (χ2n) is 6.98. The molecule has 0 radical (unpaired) electrons. The third kappa shape index (κ3) is 3.03. The van der Waals surface area contributed by atoms with Crippen molar-refractivity contribution in [3.05, 3.63) is 29.0 Å². The van der Waals surface area contributed by atoms with Crippen molar-refractivity contribution >= 4 is 28.3 Å². The van der Waals surface area contributed by atoms with Gasteiger partial charge in [0, 0.05) is 37.1 Å². The fraction of sp³-hybridized carbons (Fsp3) is 0.529. The average molecular weight is 319 g/mol. The van der Waals surface area contributed by atoms with E-state index in [0.29, 0.717) is 5.28 Å². The van der Waals surface area contributed by atoms with E-state index in [4.69, 9.17) is 11.6 Å². The lowest BCUT2D eigenvalue weighted by molar-refractivity contribution is 0.128. The summed E-state index contributed by atoms with van der Waals surface area (Å²) >= 11 is 6.14. The van der Waals surface area contributed by atoms with E-state index in [1.165, 1.54) is 5.56 Å². The van der Waals surface area contributed by atoms with Crippen LogP contribution < -0.4 is 4.90 Å². The summed E-state index contributed by atoms with van der Waals surface area (Å²) in [6.07, 6.45) is 0. The molecule has 0 N–H and O–H groups in total. The number of fused-ring (bicyclic) bond motifs is 1. The van der Waals surface area contributed by atoms with E-state index in [1.807, 2.05) is 0 Å². The van der Waals surface area contributed by atoms with Gasteiger partial charge >= 0.3 is 0 Å². The first-order chi connectivity index (χ1) is 10.3. The zero-order valence-corrected chi connectivity index (χ0v) is 14.5. The Hall–Kier alpha value is -1.39. The number of rotatable bonds is 1. The van der Waals surface area contributed by atoms with E-state index >= 15 is 0 Å². The largest absolute Gasteiger partial charge is 0.353 e. The van der Waals surface area contributed by atoms with Gasteiger partial charge in [0.2, 0.25) is 5.28 Å². The monoisotopic (exact) mass is 318 g/mol. The maximum atomic E-state index is 6.14. The molecule has 1 fully saturated rings. The van der Waals surface area contributed by atoms with E-state index in [-0.39, 0.29) is 5.54 Å². The summed E-state index contributed by atoms with van der Waals surface area (Å²) in [7, 11) is 0. The highest BCUT2D eigenvalue weighted by atomic mass is 35.5. The van der Waals surface area contributed by atoms with Crippen molar-refractivity contribution in [3.63, 3.8) is 0 Å². The Morgan fingerprint density at radius 1 is 1.05 bits per heavy atom. The molecule has 3 rings (SSSR count). The lowest BCUT2D eigenvalue weighted by atomic mass is 10.0. The molecule has 1 saturated heterocycles. The van der Waals surface area contributed by atoms with Crippen LogP contribution in [0.25, 0.3) is 10.9 Å². The second kappa shape index (κ2) is 5.67. The topological polar surface area (TPSA) is 32.3 Å². The maximum absolute atomic E-state index is 6.14. The summed E-state index contributed by atoms with van der Waals surface area (Å²) in [6, 6.07) is 6.28. The molecule has 0 spiro atoms. The average Bonchev–Trinajstić information content (AvgIpc) is 2.45. The molecular formula is C17H23ClN4. The molecule has 4 nitrogen and oxygen atoms in total. The molecule has 0 amide bonds. The number of benzene rings is 1. The predicted octanol–water partition coefficient (Wildman–Crippen LogP) is 3.51. The maximum Gasteiger partial charge on any atom is 0.224 e. The molecule has 1 aromatic heterocycles. The number of piperazine rings is 1. The zero-order valence-electron chi connectivity index (χ0n) is 13.7. The van der Waals surface area contributed by atoms with Crippen LogP contribution in [-0.2, 0) is 0 Å². The fourth-order valence-corrected chi connectivity index (χ4v) is 3.20. The number of nitrogens with zero attached hydrogens (tertiary/aromatic N) is 4. The molecule has 0 unspecified atom stereocenters. The van der Waals surface area contributed by atoms with Gasteiger partial charge in [-0.3, -0.25) is 4.90 Å². The molecule has 1 aromatic carbocycles. The van der Waals surface area contributed by atoms with Crippen LogP contribution in [0.4, 0.5) is 5.82 Å². The van der Waals surface area contributed by atoms with Crippen molar-refractivity contribution < 1.29 is 0 Å². The minimum Gasteiger partial charge on any atom is -0.353 e. The Kier molecular flexibility index (Phi) is 4.00. The van der Waals surface area contributed by atoms with Crippen LogP contribution in [-0.4, -0.2) is 46.6 Å². The Morgan fingerprint density at radius 2 is 1.73 bits per heavy atom. The summed E-state index contributed by atoms with van der Waals surface area (Å²) in [5, 5.41) is 1.41. The minimum absolute atomic E-state index is 0.217. The van der Waals surface area contributed by atoms with Crippen LogP contribution in [0.3, 0.4) is 0 Å². The highest BCUT2D eigenvalue weighted by Gasteiger charge is 2.27. The first-order valence-corrected chi connectivity index (χ1v) is 8.16. The van der Waals surface area contributed by atoms with Crippen LogP contribution in [0.5, 0.6) is 0 Å². The van der Waals surface area contributed by atoms with Gasteiger partial charge < -0.3 is 4.90 Å². The van der Waals surface area contributed by atoms with Crippen LogP contribution in [0.1, 0.15) is 26.3 Å². The van der Waals surface area contributed by atoms with Gasteiger partial charge in [-0.15, -0.1) is 0 Å². The van der Waals surface area contributed by atoms with Crippen molar-refractivity contribution in [2.24, 2.45) is 0 Å². The quantitative estimate of drug-likeness (QED) is 0.753. The molecule has 2 heterocycles. The van der Waals surface area contributed by atoms with Gasteiger partial charge in [-0.25, -0.2) is 4.98 Å². The van der Waals surface area contributed by atoms with Crippen molar-refractivity contribution in [2.45, 2.75) is 33.2 Å². The number of hydrogen-bond acceptors (Lipinski definition) is 4. The molecule has 2 aromatic rings. The molecule has 1 aliphatic heterocycles. The number of halogens is 1. The Labute approximate surface area is 137 Å². The van der Waals surface area contributed by atoms with Gasteiger partial charge in [-0.1, -0.05) is 6.07 Å². The van der Waals surface area contributed by atoms with Crippen LogP contribution in [0.15, 0.2) is 18.2 Å². The smallest absolute Gasteiger partial charge is 0.224 e. The molecule has 0 saturated carbocycles. The van der Waals surface area contributed by atoms with Crippen molar-refractivity contribution in [1.29, 1.82) is 0 Å². The summed E-state index contributed by atoms with van der Waals surface area (Å²) < 4.78 is 0. The van der Waals surface area contributed by atoms with E-state index in [1.54, 1.807) is 0 Å². The molecule has 5 heteroatoms. The molecule has 0 atom stereocenters.